The molecule has 6 heteroatoms. The van der Waals surface area contributed by atoms with Crippen LogP contribution in [0.5, 0.6) is 10.9 Å². The van der Waals surface area contributed by atoms with Crippen LogP contribution in [0.1, 0.15) is 33.6 Å². The lowest BCUT2D eigenvalue weighted by atomic mass is 10.1. The molecule has 0 aliphatic rings. The van der Waals surface area contributed by atoms with E-state index in [9.17, 15) is 4.79 Å². The molecule has 5 nitrogen and oxygen atoms in total. The first-order valence-electron chi connectivity index (χ1n) is 10.5. The Morgan fingerprint density at radius 2 is 1.62 bits per heavy atom. The largest absolute Gasteiger partial charge is 0.430 e. The van der Waals surface area contributed by atoms with E-state index in [2.05, 4.69) is 52.8 Å². The van der Waals surface area contributed by atoms with Crippen LogP contribution in [0.25, 0.3) is 0 Å². The molecule has 0 spiro atoms. The van der Waals surface area contributed by atoms with Crippen molar-refractivity contribution >= 4 is 23.1 Å². The number of aromatic nitrogens is 2. The summed E-state index contributed by atoms with van der Waals surface area (Å²) in [5.41, 5.74) is 6.49. The fourth-order valence-corrected chi connectivity index (χ4v) is 3.79. The predicted octanol–water partition coefficient (Wildman–Crippen LogP) is 6.03. The summed E-state index contributed by atoms with van der Waals surface area (Å²) >= 11 is 1.24. The molecule has 162 valence electrons. The Hall–Kier alpha value is -3.51. The lowest BCUT2D eigenvalue weighted by molar-refractivity contribution is -0.115. The van der Waals surface area contributed by atoms with E-state index in [0.717, 1.165) is 22.6 Å². The van der Waals surface area contributed by atoms with E-state index >= 15 is 0 Å². The van der Waals surface area contributed by atoms with Gasteiger partial charge < -0.3 is 10.1 Å². The van der Waals surface area contributed by atoms with Crippen molar-refractivity contribution in [1.29, 1.82) is 0 Å². The van der Waals surface area contributed by atoms with Crippen LogP contribution in [0, 0.1) is 20.8 Å². The highest BCUT2D eigenvalue weighted by Crippen LogP contribution is 2.24. The number of amides is 1. The van der Waals surface area contributed by atoms with Crippen molar-refractivity contribution in [2.24, 2.45) is 0 Å². The molecule has 4 aromatic rings. The fraction of sp³-hybridized carbons (Fsp3) is 0.192. The smallest absolute Gasteiger partial charge is 0.298 e. The van der Waals surface area contributed by atoms with Gasteiger partial charge in [-0.25, -0.2) is 0 Å². The van der Waals surface area contributed by atoms with Gasteiger partial charge in [0, 0.05) is 23.6 Å². The fourth-order valence-electron chi connectivity index (χ4n) is 3.23. The summed E-state index contributed by atoms with van der Waals surface area (Å²) in [6.45, 7) is 6.16. The van der Waals surface area contributed by atoms with Gasteiger partial charge in [0.1, 0.15) is 5.75 Å². The first-order chi connectivity index (χ1) is 15.4. The summed E-state index contributed by atoms with van der Waals surface area (Å²) in [5, 5.41) is 3.46. The minimum atomic E-state index is -0.0493. The standard InChI is InChI=1S/C26H25N3O2S/c1-17-4-7-20(8-5-17)15-24-28-26(32-29-24)31-23-12-9-21(10-13-23)16-25(30)27-22-11-6-18(2)19(3)14-22/h4-14H,15-16H2,1-3H3,(H,27,30). The highest BCUT2D eigenvalue weighted by molar-refractivity contribution is 7.07. The number of rotatable bonds is 7. The second-order valence-electron chi connectivity index (χ2n) is 7.91. The predicted molar refractivity (Wildman–Crippen MR) is 129 cm³/mol. The SMILES string of the molecule is Cc1ccc(Cc2nsc(Oc3ccc(CC(=O)Nc4ccc(C)c(C)c4)cc3)n2)cc1. The molecule has 3 aromatic carbocycles. The maximum absolute atomic E-state index is 12.4. The van der Waals surface area contributed by atoms with Crippen LogP contribution in [0.4, 0.5) is 5.69 Å². The molecule has 0 radical (unpaired) electrons. The Labute approximate surface area is 192 Å². The van der Waals surface area contributed by atoms with Crippen LogP contribution in [0.3, 0.4) is 0 Å². The summed E-state index contributed by atoms with van der Waals surface area (Å²) in [6.07, 6.45) is 0.974. The van der Waals surface area contributed by atoms with Gasteiger partial charge in [-0.05, 0) is 67.3 Å². The number of benzene rings is 3. The molecule has 1 amide bonds. The van der Waals surface area contributed by atoms with E-state index < -0.39 is 0 Å². The van der Waals surface area contributed by atoms with Crippen molar-refractivity contribution in [3.05, 3.63) is 100 Å². The number of carbonyl (C=O) groups excluding carboxylic acids is 1. The molecule has 0 saturated heterocycles. The summed E-state index contributed by atoms with van der Waals surface area (Å²) in [4.78, 5) is 16.8. The zero-order chi connectivity index (χ0) is 22.5. The van der Waals surface area contributed by atoms with Gasteiger partial charge in [-0.3, -0.25) is 4.79 Å². The molecule has 0 unspecified atom stereocenters. The van der Waals surface area contributed by atoms with Crippen LogP contribution < -0.4 is 10.1 Å². The molecule has 32 heavy (non-hydrogen) atoms. The van der Waals surface area contributed by atoms with Crippen molar-refractivity contribution in [2.45, 2.75) is 33.6 Å². The van der Waals surface area contributed by atoms with Gasteiger partial charge in [-0.15, -0.1) is 0 Å². The van der Waals surface area contributed by atoms with E-state index in [4.69, 9.17) is 4.74 Å². The van der Waals surface area contributed by atoms with Gasteiger partial charge in [0.2, 0.25) is 5.91 Å². The first-order valence-corrected chi connectivity index (χ1v) is 11.2. The molecule has 1 N–H and O–H groups in total. The van der Waals surface area contributed by atoms with E-state index in [1.54, 1.807) is 0 Å². The molecule has 0 saturated carbocycles. The molecule has 1 heterocycles. The average Bonchev–Trinajstić information content (AvgIpc) is 3.20. The number of hydrogen-bond acceptors (Lipinski definition) is 5. The average molecular weight is 444 g/mol. The molecule has 0 atom stereocenters. The number of nitrogens with zero attached hydrogens (tertiary/aromatic N) is 2. The highest BCUT2D eigenvalue weighted by atomic mass is 32.1. The molecule has 4 rings (SSSR count). The Balaban J connectivity index is 1.31. The zero-order valence-corrected chi connectivity index (χ0v) is 19.2. The summed E-state index contributed by atoms with van der Waals surface area (Å²) in [6, 6.07) is 21.7. The van der Waals surface area contributed by atoms with Crippen LogP contribution in [0.2, 0.25) is 0 Å². The third kappa shape index (κ3) is 5.80. The van der Waals surface area contributed by atoms with Crippen molar-refractivity contribution in [3.8, 4) is 10.9 Å². The van der Waals surface area contributed by atoms with E-state index in [-0.39, 0.29) is 5.91 Å². The number of hydrogen-bond donors (Lipinski definition) is 1. The molecule has 0 aliphatic heterocycles. The molecular formula is C26H25N3O2S. The number of aryl methyl sites for hydroxylation is 3. The number of carbonyl (C=O) groups is 1. The molecule has 0 fully saturated rings. The Morgan fingerprint density at radius 3 is 2.34 bits per heavy atom. The second kappa shape index (κ2) is 9.75. The molecule has 0 aliphatic carbocycles. The zero-order valence-electron chi connectivity index (χ0n) is 18.4. The van der Waals surface area contributed by atoms with Crippen molar-refractivity contribution in [2.75, 3.05) is 5.32 Å². The summed E-state index contributed by atoms with van der Waals surface area (Å²) < 4.78 is 10.2. The van der Waals surface area contributed by atoms with Crippen molar-refractivity contribution in [1.82, 2.24) is 9.36 Å². The second-order valence-corrected chi connectivity index (χ2v) is 8.62. The minimum Gasteiger partial charge on any atom is -0.430 e. The van der Waals surface area contributed by atoms with Gasteiger partial charge in [0.05, 0.1) is 6.42 Å². The molecule has 0 bridgehead atoms. The third-order valence-electron chi connectivity index (χ3n) is 5.22. The van der Waals surface area contributed by atoms with E-state index in [0.29, 0.717) is 23.8 Å². The third-order valence-corrected chi connectivity index (χ3v) is 5.85. The van der Waals surface area contributed by atoms with E-state index in [1.807, 2.05) is 49.4 Å². The van der Waals surface area contributed by atoms with Gasteiger partial charge in [0.25, 0.3) is 5.19 Å². The lowest BCUT2D eigenvalue weighted by Crippen LogP contribution is -2.14. The number of nitrogens with one attached hydrogen (secondary N) is 1. The van der Waals surface area contributed by atoms with Gasteiger partial charge >= 0.3 is 0 Å². The summed E-state index contributed by atoms with van der Waals surface area (Å²) in [5.74, 6) is 1.36. The number of anilines is 1. The van der Waals surface area contributed by atoms with Crippen molar-refractivity contribution < 1.29 is 9.53 Å². The topological polar surface area (TPSA) is 64.1 Å². The maximum Gasteiger partial charge on any atom is 0.298 e. The quantitative estimate of drug-likeness (QED) is 0.379. The maximum atomic E-state index is 12.4. The Bertz CT molecular complexity index is 1210. The van der Waals surface area contributed by atoms with Gasteiger partial charge in [-0.2, -0.15) is 9.36 Å². The summed E-state index contributed by atoms with van der Waals surface area (Å²) in [7, 11) is 0. The van der Waals surface area contributed by atoms with Crippen LogP contribution in [0.15, 0.2) is 66.7 Å². The van der Waals surface area contributed by atoms with Crippen LogP contribution >= 0.6 is 11.5 Å². The Morgan fingerprint density at radius 1 is 0.906 bits per heavy atom. The number of ether oxygens (including phenoxy) is 1. The van der Waals surface area contributed by atoms with E-state index in [1.165, 1.54) is 28.2 Å². The molecular weight excluding hydrogens is 418 g/mol. The monoisotopic (exact) mass is 443 g/mol. The first kappa shape index (κ1) is 21.7. The Kier molecular flexibility index (Phi) is 6.61. The van der Waals surface area contributed by atoms with Crippen LogP contribution in [-0.4, -0.2) is 15.3 Å². The molecule has 1 aromatic heterocycles. The minimum absolute atomic E-state index is 0.0493. The van der Waals surface area contributed by atoms with Gasteiger partial charge in [0.15, 0.2) is 5.82 Å². The lowest BCUT2D eigenvalue weighted by Gasteiger charge is -2.08. The highest BCUT2D eigenvalue weighted by Gasteiger charge is 2.09. The van der Waals surface area contributed by atoms with Crippen molar-refractivity contribution in [3.63, 3.8) is 0 Å². The van der Waals surface area contributed by atoms with Crippen LogP contribution in [-0.2, 0) is 17.6 Å². The van der Waals surface area contributed by atoms with Gasteiger partial charge in [-0.1, -0.05) is 48.0 Å². The normalized spacial score (nSPS) is 10.7.